The lowest BCUT2D eigenvalue weighted by atomic mass is 10.2. The quantitative estimate of drug-likeness (QED) is 0.578. The predicted molar refractivity (Wildman–Crippen MR) is 76.5 cm³/mol. The van der Waals surface area contributed by atoms with Crippen LogP contribution >= 0.6 is 0 Å². The summed E-state index contributed by atoms with van der Waals surface area (Å²) in [7, 11) is 0. The Morgan fingerprint density at radius 3 is 2.74 bits per heavy atom. The first-order valence-electron chi connectivity index (χ1n) is 6.66. The number of likely N-dealkylation sites (N-methyl/N-ethyl adjacent to an activating group) is 1. The van der Waals surface area contributed by atoms with Gasteiger partial charge in [0.25, 0.3) is 0 Å². The van der Waals surface area contributed by atoms with Gasteiger partial charge in [0.1, 0.15) is 0 Å². The summed E-state index contributed by atoms with van der Waals surface area (Å²) in [6.45, 7) is 9.52. The largest absolute Gasteiger partial charge is 0.363 e. The lowest BCUT2D eigenvalue weighted by Gasteiger charge is -2.19. The van der Waals surface area contributed by atoms with E-state index in [1.54, 1.807) is 19.2 Å². The molecule has 0 aliphatic heterocycles. The van der Waals surface area contributed by atoms with Gasteiger partial charge in [-0.25, -0.2) is 4.98 Å². The lowest BCUT2D eigenvalue weighted by molar-refractivity contribution is -0.384. The van der Waals surface area contributed by atoms with Crippen LogP contribution in [0, 0.1) is 17.0 Å². The highest BCUT2D eigenvalue weighted by Crippen LogP contribution is 2.24. The molecule has 0 radical (unpaired) electrons. The van der Waals surface area contributed by atoms with Crippen molar-refractivity contribution in [3.8, 4) is 0 Å². The van der Waals surface area contributed by atoms with Gasteiger partial charge in [0.2, 0.25) is 5.82 Å². The maximum atomic E-state index is 11.0. The summed E-state index contributed by atoms with van der Waals surface area (Å²) in [5, 5.41) is 14.1. The SMILES string of the molecule is CCCN(CC)CCNc1nccc(C)c1[N+](=O)[O-]. The molecule has 6 nitrogen and oxygen atoms in total. The number of hydrogen-bond donors (Lipinski definition) is 1. The molecule has 106 valence electrons. The predicted octanol–water partition coefficient (Wildman–Crippen LogP) is 2.44. The van der Waals surface area contributed by atoms with E-state index < -0.39 is 0 Å². The van der Waals surface area contributed by atoms with Crippen molar-refractivity contribution in [2.75, 3.05) is 31.5 Å². The van der Waals surface area contributed by atoms with Crippen molar-refractivity contribution in [3.63, 3.8) is 0 Å². The zero-order valence-corrected chi connectivity index (χ0v) is 11.8. The van der Waals surface area contributed by atoms with Gasteiger partial charge in [-0.05, 0) is 32.5 Å². The fourth-order valence-electron chi connectivity index (χ4n) is 1.99. The number of nitro groups is 1. The molecule has 0 aliphatic carbocycles. The Labute approximate surface area is 114 Å². The molecule has 1 rings (SSSR count). The van der Waals surface area contributed by atoms with Gasteiger partial charge in [-0.3, -0.25) is 10.1 Å². The van der Waals surface area contributed by atoms with Crippen LogP contribution in [0.2, 0.25) is 0 Å². The van der Waals surface area contributed by atoms with Gasteiger partial charge in [0.05, 0.1) is 4.92 Å². The zero-order chi connectivity index (χ0) is 14.3. The average Bonchev–Trinajstić information content (AvgIpc) is 2.37. The van der Waals surface area contributed by atoms with E-state index in [-0.39, 0.29) is 10.6 Å². The molecule has 1 N–H and O–H groups in total. The van der Waals surface area contributed by atoms with Crippen LogP contribution in [0.4, 0.5) is 11.5 Å². The Kier molecular flexibility index (Phi) is 6.21. The number of hydrogen-bond acceptors (Lipinski definition) is 5. The first-order valence-corrected chi connectivity index (χ1v) is 6.66. The third kappa shape index (κ3) is 4.48. The highest BCUT2D eigenvalue weighted by atomic mass is 16.6. The third-order valence-corrected chi connectivity index (χ3v) is 3.02. The minimum Gasteiger partial charge on any atom is -0.363 e. The number of nitrogens with one attached hydrogen (secondary N) is 1. The van der Waals surface area contributed by atoms with Gasteiger partial charge in [0, 0.05) is 24.8 Å². The number of anilines is 1. The molecule has 0 amide bonds. The molecule has 1 heterocycles. The highest BCUT2D eigenvalue weighted by molar-refractivity contribution is 5.59. The molecule has 1 aromatic heterocycles. The number of aryl methyl sites for hydroxylation is 1. The van der Waals surface area contributed by atoms with Crippen LogP contribution in [0.25, 0.3) is 0 Å². The van der Waals surface area contributed by atoms with Crippen LogP contribution in [0.15, 0.2) is 12.3 Å². The monoisotopic (exact) mass is 266 g/mol. The van der Waals surface area contributed by atoms with Crippen molar-refractivity contribution in [2.24, 2.45) is 0 Å². The van der Waals surface area contributed by atoms with E-state index in [4.69, 9.17) is 0 Å². The number of aromatic nitrogens is 1. The van der Waals surface area contributed by atoms with Crippen molar-refractivity contribution in [3.05, 3.63) is 27.9 Å². The first-order chi connectivity index (χ1) is 9.10. The van der Waals surface area contributed by atoms with Crippen LogP contribution in [0.3, 0.4) is 0 Å². The Bertz CT molecular complexity index is 423. The van der Waals surface area contributed by atoms with Crippen LogP contribution in [0.1, 0.15) is 25.8 Å². The second-order valence-corrected chi connectivity index (χ2v) is 4.44. The summed E-state index contributed by atoms with van der Waals surface area (Å²) >= 11 is 0. The highest BCUT2D eigenvalue weighted by Gasteiger charge is 2.17. The van der Waals surface area contributed by atoms with Crippen LogP contribution in [-0.2, 0) is 0 Å². The summed E-state index contributed by atoms with van der Waals surface area (Å²) < 4.78 is 0. The van der Waals surface area contributed by atoms with E-state index >= 15 is 0 Å². The van der Waals surface area contributed by atoms with Crippen LogP contribution in [-0.4, -0.2) is 41.0 Å². The maximum Gasteiger partial charge on any atom is 0.314 e. The molecule has 0 saturated heterocycles. The minimum absolute atomic E-state index is 0.0704. The van der Waals surface area contributed by atoms with Gasteiger partial charge in [-0.1, -0.05) is 13.8 Å². The smallest absolute Gasteiger partial charge is 0.314 e. The van der Waals surface area contributed by atoms with Crippen molar-refractivity contribution in [2.45, 2.75) is 27.2 Å². The average molecular weight is 266 g/mol. The molecule has 6 heteroatoms. The Morgan fingerprint density at radius 1 is 1.42 bits per heavy atom. The van der Waals surface area contributed by atoms with E-state index in [2.05, 4.69) is 29.0 Å². The molecule has 0 unspecified atom stereocenters. The van der Waals surface area contributed by atoms with E-state index in [0.29, 0.717) is 17.9 Å². The molecule has 0 bridgehead atoms. The van der Waals surface area contributed by atoms with Crippen molar-refractivity contribution < 1.29 is 4.92 Å². The summed E-state index contributed by atoms with van der Waals surface area (Å²) in [6.07, 6.45) is 2.70. The van der Waals surface area contributed by atoms with Gasteiger partial charge < -0.3 is 10.2 Å². The Hall–Kier alpha value is -1.69. The molecule has 0 atom stereocenters. The Morgan fingerprint density at radius 2 is 2.16 bits per heavy atom. The summed E-state index contributed by atoms with van der Waals surface area (Å²) in [6, 6.07) is 1.65. The van der Waals surface area contributed by atoms with E-state index in [9.17, 15) is 10.1 Å². The third-order valence-electron chi connectivity index (χ3n) is 3.02. The van der Waals surface area contributed by atoms with Gasteiger partial charge in [-0.15, -0.1) is 0 Å². The molecular weight excluding hydrogens is 244 g/mol. The van der Waals surface area contributed by atoms with E-state index in [1.807, 2.05) is 0 Å². The summed E-state index contributed by atoms with van der Waals surface area (Å²) in [5.74, 6) is 0.359. The number of rotatable bonds is 8. The fourth-order valence-corrected chi connectivity index (χ4v) is 1.99. The minimum atomic E-state index is -0.381. The molecule has 0 aliphatic rings. The standard InChI is InChI=1S/C13H22N4O2/c1-4-9-16(5-2)10-8-15-13-12(17(18)19)11(3)6-7-14-13/h6-7H,4-5,8-10H2,1-3H3,(H,14,15). The first kappa shape index (κ1) is 15.4. The molecule has 19 heavy (non-hydrogen) atoms. The normalized spacial score (nSPS) is 10.7. The van der Waals surface area contributed by atoms with Crippen molar-refractivity contribution in [1.29, 1.82) is 0 Å². The molecular formula is C13H22N4O2. The summed E-state index contributed by atoms with van der Waals surface area (Å²) in [5.41, 5.74) is 0.699. The van der Waals surface area contributed by atoms with Crippen LogP contribution < -0.4 is 5.32 Å². The molecule has 0 spiro atoms. The van der Waals surface area contributed by atoms with Gasteiger partial charge >= 0.3 is 5.69 Å². The Balaban J connectivity index is 2.63. The topological polar surface area (TPSA) is 71.3 Å². The van der Waals surface area contributed by atoms with Crippen LogP contribution in [0.5, 0.6) is 0 Å². The molecule has 0 aromatic carbocycles. The zero-order valence-electron chi connectivity index (χ0n) is 11.8. The maximum absolute atomic E-state index is 11.0. The van der Waals surface area contributed by atoms with Crippen molar-refractivity contribution >= 4 is 11.5 Å². The number of nitrogens with zero attached hydrogens (tertiary/aromatic N) is 3. The summed E-state index contributed by atoms with van der Waals surface area (Å²) in [4.78, 5) is 17.0. The molecule has 1 aromatic rings. The second-order valence-electron chi connectivity index (χ2n) is 4.44. The fraction of sp³-hybridized carbons (Fsp3) is 0.615. The van der Waals surface area contributed by atoms with Crippen molar-refractivity contribution in [1.82, 2.24) is 9.88 Å². The molecule has 0 saturated carbocycles. The van der Waals surface area contributed by atoms with E-state index in [0.717, 1.165) is 26.1 Å². The van der Waals surface area contributed by atoms with E-state index in [1.165, 1.54) is 0 Å². The molecule has 0 fully saturated rings. The van der Waals surface area contributed by atoms with Gasteiger partial charge in [0.15, 0.2) is 0 Å². The second kappa shape index (κ2) is 7.68. The lowest BCUT2D eigenvalue weighted by Crippen LogP contribution is -2.29. The van der Waals surface area contributed by atoms with Gasteiger partial charge in [-0.2, -0.15) is 0 Å². The number of pyridine rings is 1.